The second kappa shape index (κ2) is 6.47. The minimum atomic E-state index is 0.0843. The van der Waals surface area contributed by atoms with Gasteiger partial charge in [0.15, 0.2) is 0 Å². The van der Waals surface area contributed by atoms with Crippen LogP contribution in [-0.4, -0.2) is 20.7 Å². The fraction of sp³-hybridized carbons (Fsp3) is 0.294. The minimum absolute atomic E-state index is 0.0843. The maximum Gasteiger partial charge on any atom is 0.220 e. The molecule has 0 atom stereocenters. The lowest BCUT2D eigenvalue weighted by molar-refractivity contribution is -0.121. The average Bonchev–Trinajstić information content (AvgIpc) is 3.12. The molecule has 5 nitrogen and oxygen atoms in total. The average molecular weight is 296 g/mol. The molecule has 2 heterocycles. The Labute approximate surface area is 129 Å². The molecule has 0 bridgehead atoms. The van der Waals surface area contributed by atoms with E-state index in [0.717, 1.165) is 24.1 Å². The van der Waals surface area contributed by atoms with Crippen molar-refractivity contribution < 1.29 is 4.79 Å². The number of hydrogen-bond acceptors (Lipinski definition) is 2. The molecule has 0 radical (unpaired) electrons. The van der Waals surface area contributed by atoms with Crippen LogP contribution >= 0.6 is 0 Å². The highest BCUT2D eigenvalue weighted by molar-refractivity contribution is 5.83. The van der Waals surface area contributed by atoms with Gasteiger partial charge in [0, 0.05) is 36.8 Å². The van der Waals surface area contributed by atoms with Crippen LogP contribution < -0.4 is 5.32 Å². The summed E-state index contributed by atoms with van der Waals surface area (Å²) in [6.45, 7) is 0.530. The van der Waals surface area contributed by atoms with Gasteiger partial charge in [-0.1, -0.05) is 18.2 Å². The fourth-order valence-electron chi connectivity index (χ4n) is 2.63. The van der Waals surface area contributed by atoms with E-state index in [9.17, 15) is 4.79 Å². The molecule has 2 aromatic heterocycles. The smallest absolute Gasteiger partial charge is 0.220 e. The first-order valence-corrected chi connectivity index (χ1v) is 7.52. The van der Waals surface area contributed by atoms with Crippen LogP contribution in [-0.2, 0) is 24.8 Å². The SMILES string of the molecule is Cn1nccc1CNC(=O)CCCc1c[nH]c2ccccc12. The number of aryl methyl sites for hydroxylation is 2. The molecule has 0 aliphatic heterocycles. The van der Waals surface area contributed by atoms with Crippen LogP contribution in [0.4, 0.5) is 0 Å². The van der Waals surface area contributed by atoms with Gasteiger partial charge < -0.3 is 10.3 Å². The molecule has 1 amide bonds. The molecular formula is C17H20N4O. The number of carbonyl (C=O) groups excluding carboxylic acids is 1. The third-order valence-electron chi connectivity index (χ3n) is 3.91. The summed E-state index contributed by atoms with van der Waals surface area (Å²) in [7, 11) is 1.87. The van der Waals surface area contributed by atoms with Crippen molar-refractivity contribution in [1.29, 1.82) is 0 Å². The van der Waals surface area contributed by atoms with E-state index >= 15 is 0 Å². The lowest BCUT2D eigenvalue weighted by Crippen LogP contribution is -2.23. The van der Waals surface area contributed by atoms with E-state index in [2.05, 4.69) is 27.5 Å². The number of H-pyrrole nitrogens is 1. The lowest BCUT2D eigenvalue weighted by atomic mass is 10.1. The Kier molecular flexibility index (Phi) is 4.23. The molecule has 0 fully saturated rings. The summed E-state index contributed by atoms with van der Waals surface area (Å²) in [4.78, 5) is 15.2. The molecule has 0 unspecified atom stereocenters. The maximum atomic E-state index is 11.9. The van der Waals surface area contributed by atoms with Crippen molar-refractivity contribution in [2.75, 3.05) is 0 Å². The normalized spacial score (nSPS) is 11.0. The van der Waals surface area contributed by atoms with Gasteiger partial charge in [-0.3, -0.25) is 9.48 Å². The summed E-state index contributed by atoms with van der Waals surface area (Å²) < 4.78 is 1.77. The van der Waals surface area contributed by atoms with Gasteiger partial charge in [0.05, 0.1) is 12.2 Å². The van der Waals surface area contributed by atoms with Crippen LogP contribution in [0.3, 0.4) is 0 Å². The molecule has 3 aromatic rings. The van der Waals surface area contributed by atoms with Gasteiger partial charge >= 0.3 is 0 Å². The van der Waals surface area contributed by atoms with E-state index in [1.54, 1.807) is 10.9 Å². The van der Waals surface area contributed by atoms with Crippen molar-refractivity contribution in [2.45, 2.75) is 25.8 Å². The Bertz CT molecular complexity index is 772. The minimum Gasteiger partial charge on any atom is -0.361 e. The first-order valence-electron chi connectivity index (χ1n) is 7.52. The predicted octanol–water partition coefficient (Wildman–Crippen LogP) is 2.54. The number of aromatic nitrogens is 3. The molecule has 1 aromatic carbocycles. The van der Waals surface area contributed by atoms with E-state index in [1.807, 2.05) is 31.4 Å². The first-order chi connectivity index (χ1) is 10.7. The number of nitrogens with one attached hydrogen (secondary N) is 2. The van der Waals surface area contributed by atoms with Crippen LogP contribution in [0.25, 0.3) is 10.9 Å². The fourth-order valence-corrected chi connectivity index (χ4v) is 2.63. The number of amides is 1. The van der Waals surface area contributed by atoms with Crippen LogP contribution in [0.5, 0.6) is 0 Å². The molecule has 5 heteroatoms. The van der Waals surface area contributed by atoms with E-state index in [4.69, 9.17) is 0 Å². The highest BCUT2D eigenvalue weighted by Gasteiger charge is 2.06. The number of fused-ring (bicyclic) bond motifs is 1. The zero-order valence-electron chi connectivity index (χ0n) is 12.7. The Hall–Kier alpha value is -2.56. The molecule has 0 aliphatic carbocycles. The third kappa shape index (κ3) is 3.19. The van der Waals surface area contributed by atoms with Crippen LogP contribution in [0.1, 0.15) is 24.1 Å². The first kappa shape index (κ1) is 14.4. The zero-order valence-corrected chi connectivity index (χ0v) is 12.7. The van der Waals surface area contributed by atoms with Crippen LogP contribution in [0.2, 0.25) is 0 Å². The standard InChI is InChI=1S/C17H20N4O/c1-21-14(9-10-20-21)12-19-17(22)8-4-5-13-11-18-16-7-3-2-6-15(13)16/h2-3,6-7,9-11,18H,4-5,8,12H2,1H3,(H,19,22). The Morgan fingerprint density at radius 1 is 1.32 bits per heavy atom. The largest absolute Gasteiger partial charge is 0.361 e. The summed E-state index contributed by atoms with van der Waals surface area (Å²) in [5.41, 5.74) is 3.43. The summed E-state index contributed by atoms with van der Waals surface area (Å²) in [5.74, 6) is 0.0843. The summed E-state index contributed by atoms with van der Waals surface area (Å²) in [5, 5.41) is 8.26. The number of rotatable bonds is 6. The number of nitrogens with zero attached hydrogens (tertiary/aromatic N) is 2. The summed E-state index contributed by atoms with van der Waals surface area (Å²) >= 11 is 0. The van der Waals surface area contributed by atoms with Crippen molar-refractivity contribution in [3.05, 3.63) is 54.0 Å². The molecule has 114 valence electrons. The van der Waals surface area contributed by atoms with Crippen molar-refractivity contribution in [1.82, 2.24) is 20.1 Å². The van der Waals surface area contributed by atoms with Gasteiger partial charge in [0.25, 0.3) is 0 Å². The molecule has 2 N–H and O–H groups in total. The Morgan fingerprint density at radius 2 is 2.18 bits per heavy atom. The number of para-hydroxylation sites is 1. The van der Waals surface area contributed by atoms with E-state index in [1.165, 1.54) is 10.9 Å². The lowest BCUT2D eigenvalue weighted by Gasteiger charge is -2.05. The molecule has 22 heavy (non-hydrogen) atoms. The van der Waals surface area contributed by atoms with Crippen LogP contribution in [0.15, 0.2) is 42.7 Å². The van der Waals surface area contributed by atoms with Crippen molar-refractivity contribution >= 4 is 16.8 Å². The Balaban J connectivity index is 1.46. The van der Waals surface area contributed by atoms with E-state index in [-0.39, 0.29) is 5.91 Å². The van der Waals surface area contributed by atoms with Gasteiger partial charge in [-0.05, 0) is 30.5 Å². The van der Waals surface area contributed by atoms with E-state index in [0.29, 0.717) is 13.0 Å². The molecule has 0 saturated carbocycles. The third-order valence-corrected chi connectivity index (χ3v) is 3.91. The summed E-state index contributed by atoms with van der Waals surface area (Å²) in [6.07, 6.45) is 6.07. The number of carbonyl (C=O) groups is 1. The predicted molar refractivity (Wildman–Crippen MR) is 86.3 cm³/mol. The highest BCUT2D eigenvalue weighted by Crippen LogP contribution is 2.19. The van der Waals surface area contributed by atoms with E-state index < -0.39 is 0 Å². The van der Waals surface area contributed by atoms with Crippen molar-refractivity contribution in [3.63, 3.8) is 0 Å². The van der Waals surface area contributed by atoms with Gasteiger partial charge in [-0.25, -0.2) is 0 Å². The zero-order chi connectivity index (χ0) is 15.4. The number of aromatic amines is 1. The highest BCUT2D eigenvalue weighted by atomic mass is 16.1. The molecule has 0 saturated heterocycles. The summed E-state index contributed by atoms with van der Waals surface area (Å²) in [6, 6.07) is 10.2. The van der Waals surface area contributed by atoms with Crippen molar-refractivity contribution in [2.24, 2.45) is 7.05 Å². The molecule has 3 rings (SSSR count). The van der Waals surface area contributed by atoms with Gasteiger partial charge in [0.2, 0.25) is 5.91 Å². The topological polar surface area (TPSA) is 62.7 Å². The number of benzene rings is 1. The maximum absolute atomic E-state index is 11.9. The Morgan fingerprint density at radius 3 is 3.00 bits per heavy atom. The van der Waals surface area contributed by atoms with Crippen molar-refractivity contribution in [3.8, 4) is 0 Å². The molecule has 0 spiro atoms. The van der Waals surface area contributed by atoms with Gasteiger partial charge in [0.1, 0.15) is 0 Å². The number of hydrogen-bond donors (Lipinski definition) is 2. The quantitative estimate of drug-likeness (QED) is 0.734. The van der Waals surface area contributed by atoms with Gasteiger partial charge in [-0.15, -0.1) is 0 Å². The van der Waals surface area contributed by atoms with Crippen LogP contribution in [0, 0.1) is 0 Å². The van der Waals surface area contributed by atoms with Gasteiger partial charge in [-0.2, -0.15) is 5.10 Å². The molecular weight excluding hydrogens is 276 g/mol. The monoisotopic (exact) mass is 296 g/mol. The second-order valence-electron chi connectivity index (χ2n) is 5.44. The molecule has 0 aliphatic rings. The second-order valence-corrected chi connectivity index (χ2v) is 5.44.